The molecule has 0 saturated carbocycles. The summed E-state index contributed by atoms with van der Waals surface area (Å²) in [6, 6.07) is 4.23. The van der Waals surface area contributed by atoms with Gasteiger partial charge in [-0.25, -0.2) is 0 Å². The van der Waals surface area contributed by atoms with Gasteiger partial charge in [0.25, 0.3) is 0 Å². The predicted molar refractivity (Wildman–Crippen MR) is 29.1 cm³/mol. The zero-order chi connectivity index (χ0) is 3.54. The van der Waals surface area contributed by atoms with Crippen molar-refractivity contribution in [1.29, 1.82) is 0 Å². The number of rotatable bonds is 0. The van der Waals surface area contributed by atoms with Crippen molar-refractivity contribution in [1.82, 2.24) is 0 Å². The van der Waals surface area contributed by atoms with Crippen LogP contribution in [-0.2, 0) is 0 Å². The summed E-state index contributed by atoms with van der Waals surface area (Å²) in [5.74, 6) is 0. The summed E-state index contributed by atoms with van der Waals surface area (Å²) in [6.45, 7) is 0. The first-order valence-corrected chi connectivity index (χ1v) is 4.16. The minimum atomic E-state index is 0. The van der Waals surface area contributed by atoms with Gasteiger partial charge in [0.2, 0.25) is 0 Å². The van der Waals surface area contributed by atoms with Gasteiger partial charge in [-0.1, -0.05) is 0 Å². The van der Waals surface area contributed by atoms with Gasteiger partial charge < -0.3 is 0 Å². The van der Waals surface area contributed by atoms with E-state index in [0.717, 1.165) is 0 Å². The van der Waals surface area contributed by atoms with E-state index in [-0.39, 0.29) is 39.3 Å². The van der Waals surface area contributed by atoms with E-state index in [1.807, 2.05) is 0 Å². The summed E-state index contributed by atoms with van der Waals surface area (Å²) in [4.78, 5) is 0. The molecule has 2 heteroatoms. The quantitative estimate of drug-likeness (QED) is 0.514. The van der Waals surface area contributed by atoms with Crippen molar-refractivity contribution in [2.75, 3.05) is 0 Å². The Morgan fingerprint density at radius 3 is 1.67 bits per heavy atom. The van der Waals surface area contributed by atoms with Gasteiger partial charge >= 0.3 is 40.7 Å². The van der Waals surface area contributed by atoms with Crippen LogP contribution >= 0.6 is 0 Å². The third kappa shape index (κ3) is 2.11. The monoisotopic (exact) mass is 189 g/mol. The predicted octanol–water partition coefficient (Wildman–Crippen LogP) is 0.363. The van der Waals surface area contributed by atoms with E-state index in [9.17, 15) is 0 Å². The molecule has 0 nitrogen and oxygen atoms in total. The van der Waals surface area contributed by atoms with Crippen molar-refractivity contribution in [2.45, 2.75) is 0 Å². The molecule has 27 valence electrons. The molecule has 0 aliphatic carbocycles. The van der Waals surface area contributed by atoms with Crippen LogP contribution < -0.4 is 0 Å². The van der Waals surface area contributed by atoms with Gasteiger partial charge in [0.15, 0.2) is 0 Å². The Morgan fingerprint density at radius 1 is 1.00 bits per heavy atom. The fourth-order valence-electron chi connectivity index (χ4n) is 0.227. The van der Waals surface area contributed by atoms with Gasteiger partial charge in [0, 0.05) is 18.9 Å². The summed E-state index contributed by atoms with van der Waals surface area (Å²) in [5, 5.41) is 0. The van der Waals surface area contributed by atoms with Gasteiger partial charge in [0.05, 0.1) is 0 Å². The molecular formula is C4H4LiTe. The Bertz CT molecular complexity index is 64.0. The van der Waals surface area contributed by atoms with E-state index in [1.165, 1.54) is 0 Å². The van der Waals surface area contributed by atoms with Crippen LogP contribution in [0.25, 0.3) is 0 Å². The Labute approximate surface area is 59.4 Å². The topological polar surface area (TPSA) is 0 Å². The zero-order valence-electron chi connectivity index (χ0n) is 3.72. The summed E-state index contributed by atoms with van der Waals surface area (Å²) < 4.78 is 4.51. The van der Waals surface area contributed by atoms with E-state index >= 15 is 0 Å². The van der Waals surface area contributed by atoms with Crippen LogP contribution in [0.1, 0.15) is 0 Å². The molecule has 0 saturated heterocycles. The molecule has 6 heavy (non-hydrogen) atoms. The Balaban J connectivity index is 0.000000250. The molecule has 0 unspecified atom stereocenters. The van der Waals surface area contributed by atoms with Crippen molar-refractivity contribution < 1.29 is 0 Å². The third-order valence-electron chi connectivity index (χ3n) is 0.425. The van der Waals surface area contributed by atoms with E-state index in [0.29, 0.717) is 0 Å². The van der Waals surface area contributed by atoms with Crippen LogP contribution in [0.4, 0.5) is 0 Å². The average Bonchev–Trinajstić information content (AvgIpc) is 1.76. The molecule has 0 atom stereocenters. The molecule has 1 rings (SSSR count). The molecule has 0 aromatic carbocycles. The molecule has 0 aliphatic rings. The molecule has 1 aromatic heterocycles. The first kappa shape index (κ1) is 6.87. The molecule has 0 N–H and O–H groups in total. The van der Waals surface area contributed by atoms with Crippen molar-refractivity contribution >= 4 is 39.3 Å². The summed E-state index contributed by atoms with van der Waals surface area (Å²) >= 11 is 0.243. The molecule has 0 aliphatic heterocycles. The van der Waals surface area contributed by atoms with E-state index in [4.69, 9.17) is 0 Å². The Morgan fingerprint density at radius 2 is 1.50 bits per heavy atom. The van der Waals surface area contributed by atoms with Gasteiger partial charge in [-0.2, -0.15) is 0 Å². The third-order valence-corrected chi connectivity index (χ3v) is 2.22. The van der Waals surface area contributed by atoms with Gasteiger partial charge in [-0.05, 0) is 0 Å². The molecule has 1 aromatic rings. The fraction of sp³-hybridized carbons (Fsp3) is 0. The van der Waals surface area contributed by atoms with E-state index < -0.39 is 0 Å². The second-order valence-electron chi connectivity index (χ2n) is 0.793. The second-order valence-corrected chi connectivity index (χ2v) is 3.12. The zero-order valence-corrected chi connectivity index (χ0v) is 6.05. The Kier molecular flexibility index (Phi) is 4.62. The van der Waals surface area contributed by atoms with Crippen molar-refractivity contribution in [2.24, 2.45) is 0 Å². The van der Waals surface area contributed by atoms with Crippen molar-refractivity contribution in [3.8, 4) is 0 Å². The average molecular weight is 187 g/mol. The summed E-state index contributed by atoms with van der Waals surface area (Å²) in [5.41, 5.74) is 0. The first-order valence-electron chi connectivity index (χ1n) is 1.47. The van der Waals surface area contributed by atoms with Gasteiger partial charge in [0.1, 0.15) is 0 Å². The van der Waals surface area contributed by atoms with E-state index in [2.05, 4.69) is 20.3 Å². The molecule has 0 amide bonds. The van der Waals surface area contributed by atoms with Crippen molar-refractivity contribution in [3.63, 3.8) is 0 Å². The maximum absolute atomic E-state index is 2.26. The standard InChI is InChI=1S/C4H4Te.Li/c1-2-4-5-3-1;/h1-4H;. The molecule has 1 radical (unpaired) electrons. The van der Waals surface area contributed by atoms with Crippen LogP contribution in [0, 0.1) is 0 Å². The normalized spacial score (nSPS) is 6.67. The molecule has 0 bridgehead atoms. The maximum atomic E-state index is 2.26. The van der Waals surface area contributed by atoms with Crippen LogP contribution in [-0.4, -0.2) is 39.3 Å². The van der Waals surface area contributed by atoms with Crippen LogP contribution in [0.3, 0.4) is 0 Å². The van der Waals surface area contributed by atoms with Crippen LogP contribution in [0.5, 0.6) is 0 Å². The first-order chi connectivity index (χ1) is 2.50. The molecule has 0 spiro atoms. The summed E-state index contributed by atoms with van der Waals surface area (Å²) in [7, 11) is 0. The molecular weight excluding hydrogens is 183 g/mol. The molecule has 1 heterocycles. The summed E-state index contributed by atoms with van der Waals surface area (Å²) in [6.07, 6.45) is 0. The molecule has 0 fully saturated rings. The SMILES string of the molecule is [Li].c1cc[te]c1. The number of hydrogen-bond acceptors (Lipinski definition) is 0. The van der Waals surface area contributed by atoms with Crippen LogP contribution in [0.2, 0.25) is 0 Å². The van der Waals surface area contributed by atoms with Gasteiger partial charge in [-0.15, -0.1) is 0 Å². The second kappa shape index (κ2) is 4.04. The fourth-order valence-corrected chi connectivity index (χ4v) is 1.52. The Hall–Kier alpha value is 0.867. The minimum absolute atomic E-state index is 0. The van der Waals surface area contributed by atoms with Crippen molar-refractivity contribution in [3.05, 3.63) is 20.3 Å². The van der Waals surface area contributed by atoms with E-state index in [1.54, 1.807) is 0 Å². The van der Waals surface area contributed by atoms with Gasteiger partial charge in [-0.3, -0.25) is 0 Å². The van der Waals surface area contributed by atoms with Crippen LogP contribution in [0.15, 0.2) is 20.3 Å². The number of hydrogen-bond donors (Lipinski definition) is 0.